The fraction of sp³-hybridized carbons (Fsp3) is 0.250. The number of hydrogen-bond acceptors (Lipinski definition) is 5. The number of carbonyl (C=O) groups excluding carboxylic acids is 2. The molecule has 1 aromatic carbocycles. The number of aromatic amines is 1. The van der Waals surface area contributed by atoms with Crippen molar-refractivity contribution in [3.8, 4) is 0 Å². The molecular weight excluding hydrogens is 362 g/mol. The van der Waals surface area contributed by atoms with Gasteiger partial charge in [-0.15, -0.1) is 11.8 Å². The number of aromatic nitrogens is 2. The lowest BCUT2D eigenvalue weighted by atomic mass is 10.1. The molecule has 6 nitrogen and oxygen atoms in total. The number of hydrogen-bond donors (Lipinski definition) is 1. The van der Waals surface area contributed by atoms with Crippen molar-refractivity contribution in [1.82, 2.24) is 14.9 Å². The molecule has 3 aromatic rings. The van der Waals surface area contributed by atoms with Crippen LogP contribution in [0, 0.1) is 0 Å². The highest BCUT2D eigenvalue weighted by molar-refractivity contribution is 8.00. The van der Waals surface area contributed by atoms with Gasteiger partial charge in [0.25, 0.3) is 0 Å². The third-order valence-corrected chi connectivity index (χ3v) is 5.94. The quantitative estimate of drug-likeness (QED) is 0.687. The number of H-pyrrole nitrogens is 1. The van der Waals surface area contributed by atoms with Gasteiger partial charge in [-0.2, -0.15) is 0 Å². The third kappa shape index (κ3) is 3.42. The Balaban J connectivity index is 1.59. The molecule has 1 unspecified atom stereocenters. The molecule has 3 heterocycles. The molecule has 0 radical (unpaired) electrons. The fourth-order valence-electron chi connectivity index (χ4n) is 3.33. The number of nitrogens with zero attached hydrogens (tertiary/aromatic N) is 2. The van der Waals surface area contributed by atoms with Gasteiger partial charge in [-0.3, -0.25) is 9.78 Å². The van der Waals surface area contributed by atoms with Gasteiger partial charge in [0.05, 0.1) is 18.4 Å². The summed E-state index contributed by atoms with van der Waals surface area (Å²) in [5.74, 6) is 0.247. The molecule has 138 valence electrons. The molecule has 1 N–H and O–H groups in total. The van der Waals surface area contributed by atoms with Gasteiger partial charge in [-0.25, -0.2) is 4.79 Å². The van der Waals surface area contributed by atoms with Gasteiger partial charge in [0.2, 0.25) is 5.91 Å². The van der Waals surface area contributed by atoms with Gasteiger partial charge >= 0.3 is 5.97 Å². The summed E-state index contributed by atoms with van der Waals surface area (Å²) in [6, 6.07) is 11.3. The van der Waals surface area contributed by atoms with E-state index < -0.39 is 0 Å². The Morgan fingerprint density at radius 2 is 2.26 bits per heavy atom. The second kappa shape index (κ2) is 7.44. The highest BCUT2D eigenvalue weighted by atomic mass is 32.2. The first-order chi connectivity index (χ1) is 13.2. The summed E-state index contributed by atoms with van der Waals surface area (Å²) in [4.78, 5) is 33.6. The predicted molar refractivity (Wildman–Crippen MR) is 104 cm³/mol. The molecule has 1 saturated heterocycles. The number of nitrogens with one attached hydrogen (secondary N) is 1. The molecule has 7 heteroatoms. The van der Waals surface area contributed by atoms with Crippen LogP contribution in [0.3, 0.4) is 0 Å². The Morgan fingerprint density at radius 3 is 3.04 bits per heavy atom. The van der Waals surface area contributed by atoms with Crippen LogP contribution in [0.15, 0.2) is 48.8 Å². The number of methoxy groups -OCH3 is 1. The van der Waals surface area contributed by atoms with Crippen LogP contribution in [0.25, 0.3) is 10.9 Å². The SMILES string of the molecule is COC(=O)c1ccc2c(C3SCC(=O)N3CCc3ccccn3)c[nH]c2c1. The average Bonchev–Trinajstić information content (AvgIpc) is 3.29. The molecule has 0 spiro atoms. The minimum Gasteiger partial charge on any atom is -0.465 e. The van der Waals surface area contributed by atoms with Crippen molar-refractivity contribution < 1.29 is 14.3 Å². The van der Waals surface area contributed by atoms with E-state index in [1.165, 1.54) is 7.11 Å². The van der Waals surface area contributed by atoms with Gasteiger partial charge in [0.1, 0.15) is 5.37 Å². The zero-order chi connectivity index (χ0) is 18.8. The van der Waals surface area contributed by atoms with E-state index in [0.29, 0.717) is 17.9 Å². The van der Waals surface area contributed by atoms with Crippen molar-refractivity contribution in [2.24, 2.45) is 0 Å². The second-order valence-corrected chi connectivity index (χ2v) is 7.39. The first-order valence-electron chi connectivity index (χ1n) is 8.67. The lowest BCUT2D eigenvalue weighted by Crippen LogP contribution is -2.30. The lowest BCUT2D eigenvalue weighted by Gasteiger charge is -2.23. The average molecular weight is 381 g/mol. The number of rotatable bonds is 5. The monoisotopic (exact) mass is 381 g/mol. The summed E-state index contributed by atoms with van der Waals surface area (Å²) in [6.45, 7) is 0.625. The predicted octanol–water partition coefficient (Wildman–Crippen LogP) is 3.17. The summed E-state index contributed by atoms with van der Waals surface area (Å²) in [5.41, 5.74) is 3.39. The normalized spacial score (nSPS) is 16.9. The van der Waals surface area contributed by atoms with E-state index in [1.54, 1.807) is 30.1 Å². The summed E-state index contributed by atoms with van der Waals surface area (Å²) < 4.78 is 4.78. The Labute approximate surface area is 160 Å². The first-order valence-corrected chi connectivity index (χ1v) is 9.72. The lowest BCUT2D eigenvalue weighted by molar-refractivity contribution is -0.128. The first kappa shape index (κ1) is 17.6. The van der Waals surface area contributed by atoms with Crippen LogP contribution < -0.4 is 0 Å². The van der Waals surface area contributed by atoms with E-state index in [0.717, 1.165) is 28.6 Å². The van der Waals surface area contributed by atoms with Crippen LogP contribution in [-0.4, -0.2) is 46.2 Å². The summed E-state index contributed by atoms with van der Waals surface area (Å²) in [7, 11) is 1.37. The highest BCUT2D eigenvalue weighted by Crippen LogP contribution is 2.41. The highest BCUT2D eigenvalue weighted by Gasteiger charge is 2.34. The molecule has 0 saturated carbocycles. The van der Waals surface area contributed by atoms with Gasteiger partial charge in [-0.1, -0.05) is 12.1 Å². The smallest absolute Gasteiger partial charge is 0.337 e. The minimum atomic E-state index is -0.365. The zero-order valence-electron chi connectivity index (χ0n) is 14.8. The van der Waals surface area contributed by atoms with Crippen molar-refractivity contribution in [3.05, 3.63) is 65.6 Å². The van der Waals surface area contributed by atoms with Crippen LogP contribution in [0.1, 0.15) is 27.0 Å². The van der Waals surface area contributed by atoms with Gasteiger partial charge in [0.15, 0.2) is 0 Å². The van der Waals surface area contributed by atoms with Gasteiger partial charge in [0, 0.05) is 47.5 Å². The van der Waals surface area contributed by atoms with Crippen LogP contribution >= 0.6 is 11.8 Å². The molecule has 1 fully saturated rings. The number of fused-ring (bicyclic) bond motifs is 1. The van der Waals surface area contributed by atoms with Crippen molar-refractivity contribution in [2.75, 3.05) is 19.4 Å². The Kier molecular flexibility index (Phi) is 4.85. The zero-order valence-corrected chi connectivity index (χ0v) is 15.7. The summed E-state index contributed by atoms with van der Waals surface area (Å²) >= 11 is 1.63. The largest absolute Gasteiger partial charge is 0.465 e. The van der Waals surface area contributed by atoms with E-state index in [1.807, 2.05) is 35.4 Å². The van der Waals surface area contributed by atoms with Crippen LogP contribution in [0.2, 0.25) is 0 Å². The molecule has 0 aliphatic carbocycles. The number of amides is 1. The van der Waals surface area contributed by atoms with E-state index in [-0.39, 0.29) is 17.3 Å². The van der Waals surface area contributed by atoms with Crippen molar-refractivity contribution >= 4 is 34.5 Å². The van der Waals surface area contributed by atoms with Crippen molar-refractivity contribution in [3.63, 3.8) is 0 Å². The molecule has 1 atom stereocenters. The maximum Gasteiger partial charge on any atom is 0.337 e. The van der Waals surface area contributed by atoms with E-state index in [2.05, 4.69) is 9.97 Å². The number of ether oxygens (including phenoxy) is 1. The van der Waals surface area contributed by atoms with Crippen LogP contribution in [0.4, 0.5) is 0 Å². The van der Waals surface area contributed by atoms with E-state index in [9.17, 15) is 9.59 Å². The van der Waals surface area contributed by atoms with E-state index >= 15 is 0 Å². The molecule has 2 aromatic heterocycles. The minimum absolute atomic E-state index is 0.0426. The van der Waals surface area contributed by atoms with Gasteiger partial charge in [-0.05, 0) is 24.3 Å². The number of esters is 1. The van der Waals surface area contributed by atoms with Crippen LogP contribution in [0.5, 0.6) is 0 Å². The standard InChI is InChI=1S/C20H19N3O3S/c1-26-20(25)13-5-6-15-16(11-22-17(15)10-13)19-23(18(24)12-27-19)9-7-14-4-2-3-8-21-14/h2-6,8,10-11,19,22H,7,9,12H2,1H3. The number of pyridine rings is 1. The molecule has 4 rings (SSSR count). The summed E-state index contributed by atoms with van der Waals surface area (Å²) in [6.07, 6.45) is 4.42. The number of thioether (sulfide) groups is 1. The Morgan fingerprint density at radius 1 is 1.37 bits per heavy atom. The van der Waals surface area contributed by atoms with Crippen molar-refractivity contribution in [1.29, 1.82) is 0 Å². The van der Waals surface area contributed by atoms with Gasteiger partial charge < -0.3 is 14.6 Å². The van der Waals surface area contributed by atoms with E-state index in [4.69, 9.17) is 4.74 Å². The molecule has 27 heavy (non-hydrogen) atoms. The maximum atomic E-state index is 12.4. The second-order valence-electron chi connectivity index (χ2n) is 6.32. The molecule has 1 aliphatic heterocycles. The molecule has 1 amide bonds. The maximum absolute atomic E-state index is 12.4. The summed E-state index contributed by atoms with van der Waals surface area (Å²) in [5, 5.41) is 0.969. The number of benzene rings is 1. The number of carbonyl (C=O) groups is 2. The third-order valence-electron chi connectivity index (χ3n) is 4.70. The molecule has 0 bridgehead atoms. The molecule has 1 aliphatic rings. The van der Waals surface area contributed by atoms with Crippen LogP contribution in [-0.2, 0) is 16.0 Å². The van der Waals surface area contributed by atoms with Crippen molar-refractivity contribution in [2.45, 2.75) is 11.8 Å². The Bertz CT molecular complexity index is 987. The fourth-order valence-corrected chi connectivity index (χ4v) is 4.58. The molecular formula is C20H19N3O3S. The topological polar surface area (TPSA) is 75.3 Å². The Hall–Kier alpha value is -2.80.